The number of carbonyl (C=O) groups excluding carboxylic acids is 1. The van der Waals surface area contributed by atoms with Crippen LogP contribution in [0.3, 0.4) is 0 Å². The standard InChI is InChI=1S/C34H37Cl2N5O5/c1-40-13-12-27-26(18-40)38-33(41(27)2)34(44)39-25-9-5-8-23(32(25)36)20-6-4-7-22-21(20)10-11-28(22)46-30-15-29(45-3)19(14-24(30)35)16-37-17-31(42)43/h4-9,14-15,28,31,37,42-43H,10-13,16-18H2,1-3H3,(H,39,44). The second kappa shape index (κ2) is 13.6. The Labute approximate surface area is 277 Å². The number of likely N-dealkylation sites (N-methyl/N-ethyl adjacent to an activating group) is 1. The number of aliphatic hydroxyl groups excluding tert-OH is 1. The first kappa shape index (κ1) is 32.3. The van der Waals surface area contributed by atoms with Gasteiger partial charge < -0.3 is 39.8 Å². The first-order valence-corrected chi connectivity index (χ1v) is 15.9. The second-order valence-electron chi connectivity index (χ2n) is 11.7. The van der Waals surface area contributed by atoms with Crippen LogP contribution in [0, 0.1) is 0 Å². The number of carbonyl (C=O) groups is 1. The van der Waals surface area contributed by atoms with Crippen molar-refractivity contribution in [1.82, 2.24) is 19.8 Å². The molecule has 1 aliphatic heterocycles. The number of imidazole rings is 1. The Morgan fingerprint density at radius 2 is 1.87 bits per heavy atom. The molecular formula is C34H37Cl2N5O5. The molecule has 1 amide bonds. The fourth-order valence-corrected chi connectivity index (χ4v) is 6.86. The summed E-state index contributed by atoms with van der Waals surface area (Å²) >= 11 is 13.6. The summed E-state index contributed by atoms with van der Waals surface area (Å²) in [5.41, 5.74) is 7.29. The lowest BCUT2D eigenvalue weighted by atomic mass is 9.96. The van der Waals surface area contributed by atoms with Gasteiger partial charge in [0.2, 0.25) is 0 Å². The number of hydrogen-bond donors (Lipinski definition) is 4. The van der Waals surface area contributed by atoms with Gasteiger partial charge in [0.05, 0.1) is 28.5 Å². The highest BCUT2D eigenvalue weighted by Gasteiger charge is 2.29. The third-order valence-corrected chi connectivity index (χ3v) is 9.35. The van der Waals surface area contributed by atoms with Gasteiger partial charge in [-0.2, -0.15) is 0 Å². The van der Waals surface area contributed by atoms with Crippen LogP contribution in [0.4, 0.5) is 5.69 Å². The molecule has 1 aromatic heterocycles. The minimum atomic E-state index is -1.45. The summed E-state index contributed by atoms with van der Waals surface area (Å²) in [5.74, 6) is 1.14. The van der Waals surface area contributed by atoms with Crippen molar-refractivity contribution in [2.75, 3.05) is 32.6 Å². The van der Waals surface area contributed by atoms with Gasteiger partial charge in [-0.15, -0.1) is 0 Å². The van der Waals surface area contributed by atoms with Crippen LogP contribution in [0.25, 0.3) is 11.1 Å². The van der Waals surface area contributed by atoms with Gasteiger partial charge in [-0.3, -0.25) is 4.79 Å². The third kappa shape index (κ3) is 6.46. The highest BCUT2D eigenvalue weighted by atomic mass is 35.5. The maximum absolute atomic E-state index is 13.4. The van der Waals surface area contributed by atoms with E-state index in [0.717, 1.165) is 71.6 Å². The Kier molecular flexibility index (Phi) is 9.56. The number of rotatable bonds is 10. The van der Waals surface area contributed by atoms with Crippen LogP contribution in [0.15, 0.2) is 48.5 Å². The lowest BCUT2D eigenvalue weighted by Gasteiger charge is -2.21. The first-order chi connectivity index (χ1) is 22.1. The van der Waals surface area contributed by atoms with Gasteiger partial charge in [0.1, 0.15) is 17.6 Å². The zero-order chi connectivity index (χ0) is 32.5. The fourth-order valence-electron chi connectivity index (χ4n) is 6.35. The zero-order valence-electron chi connectivity index (χ0n) is 25.9. The van der Waals surface area contributed by atoms with E-state index in [-0.39, 0.29) is 18.6 Å². The Morgan fingerprint density at radius 3 is 2.65 bits per heavy atom. The lowest BCUT2D eigenvalue weighted by molar-refractivity contribution is -0.0374. The molecule has 0 spiro atoms. The van der Waals surface area contributed by atoms with Crippen LogP contribution in [0.1, 0.15) is 51.2 Å². The molecule has 12 heteroatoms. The molecule has 242 valence electrons. The SMILES string of the molecule is COc1cc(OC2CCc3c(-c4cccc(NC(=O)c5nc6c(n5C)CCN(C)C6)c4Cl)cccc32)c(Cl)cc1CNCC(O)O. The van der Waals surface area contributed by atoms with Crippen LogP contribution in [0.2, 0.25) is 10.0 Å². The first-order valence-electron chi connectivity index (χ1n) is 15.2. The molecule has 0 radical (unpaired) electrons. The molecule has 0 bridgehead atoms. The maximum Gasteiger partial charge on any atom is 0.291 e. The Hall–Kier alpha value is -3.64. The normalized spacial score (nSPS) is 16.0. The van der Waals surface area contributed by atoms with Crippen molar-refractivity contribution >= 4 is 34.8 Å². The molecule has 2 aliphatic rings. The second-order valence-corrected chi connectivity index (χ2v) is 12.5. The number of anilines is 1. The average Bonchev–Trinajstić information content (AvgIpc) is 3.59. The summed E-state index contributed by atoms with van der Waals surface area (Å²) < 4.78 is 13.9. The van der Waals surface area contributed by atoms with E-state index < -0.39 is 6.29 Å². The fraction of sp³-hybridized carbons (Fsp3) is 0.353. The molecule has 4 aromatic rings. The highest BCUT2D eigenvalue weighted by molar-refractivity contribution is 6.36. The Balaban J connectivity index is 1.22. The zero-order valence-corrected chi connectivity index (χ0v) is 27.5. The number of amides is 1. The molecule has 6 rings (SSSR count). The molecule has 10 nitrogen and oxygen atoms in total. The molecule has 4 N–H and O–H groups in total. The Bertz CT molecular complexity index is 1780. The maximum atomic E-state index is 13.4. The number of aliphatic hydroxyl groups is 2. The molecule has 2 heterocycles. The summed E-state index contributed by atoms with van der Waals surface area (Å²) in [4.78, 5) is 20.2. The van der Waals surface area contributed by atoms with Gasteiger partial charge in [0.15, 0.2) is 12.1 Å². The van der Waals surface area contributed by atoms with Crippen LogP contribution >= 0.6 is 23.2 Å². The lowest BCUT2D eigenvalue weighted by Crippen LogP contribution is -2.27. The van der Waals surface area contributed by atoms with Gasteiger partial charge in [0, 0.05) is 62.5 Å². The van der Waals surface area contributed by atoms with Crippen LogP contribution < -0.4 is 20.1 Å². The molecule has 1 aliphatic carbocycles. The topological polar surface area (TPSA) is 121 Å². The molecular weight excluding hydrogens is 629 g/mol. The van der Waals surface area contributed by atoms with Crippen molar-refractivity contribution in [3.8, 4) is 22.6 Å². The van der Waals surface area contributed by atoms with E-state index in [1.807, 2.05) is 35.9 Å². The summed E-state index contributed by atoms with van der Waals surface area (Å²) in [6.07, 6.45) is 0.683. The van der Waals surface area contributed by atoms with Crippen molar-refractivity contribution in [2.45, 2.75) is 44.7 Å². The van der Waals surface area contributed by atoms with E-state index in [4.69, 9.17) is 42.9 Å². The van der Waals surface area contributed by atoms with E-state index in [0.29, 0.717) is 39.6 Å². The molecule has 0 saturated heterocycles. The monoisotopic (exact) mass is 665 g/mol. The van der Waals surface area contributed by atoms with Crippen molar-refractivity contribution < 1.29 is 24.5 Å². The minimum Gasteiger partial charge on any atom is -0.496 e. The van der Waals surface area contributed by atoms with E-state index in [1.54, 1.807) is 25.3 Å². The highest BCUT2D eigenvalue weighted by Crippen LogP contribution is 2.44. The number of ether oxygens (including phenoxy) is 2. The van der Waals surface area contributed by atoms with E-state index in [9.17, 15) is 4.79 Å². The van der Waals surface area contributed by atoms with Crippen molar-refractivity contribution in [3.63, 3.8) is 0 Å². The van der Waals surface area contributed by atoms with Crippen molar-refractivity contribution in [3.05, 3.63) is 92.5 Å². The number of nitrogens with one attached hydrogen (secondary N) is 2. The van der Waals surface area contributed by atoms with Gasteiger partial charge >= 0.3 is 0 Å². The number of benzene rings is 3. The van der Waals surface area contributed by atoms with Gasteiger partial charge in [0.25, 0.3) is 5.91 Å². The van der Waals surface area contributed by atoms with E-state index >= 15 is 0 Å². The molecule has 1 unspecified atom stereocenters. The summed E-state index contributed by atoms with van der Waals surface area (Å²) in [6.45, 7) is 2.01. The summed E-state index contributed by atoms with van der Waals surface area (Å²) in [6, 6.07) is 15.3. The number of hydrogen-bond acceptors (Lipinski definition) is 8. The molecule has 0 fully saturated rings. The number of nitrogens with zero attached hydrogens (tertiary/aromatic N) is 3. The summed E-state index contributed by atoms with van der Waals surface area (Å²) in [7, 11) is 5.50. The predicted molar refractivity (Wildman–Crippen MR) is 178 cm³/mol. The van der Waals surface area contributed by atoms with E-state index in [2.05, 4.69) is 33.6 Å². The number of halogens is 2. The van der Waals surface area contributed by atoms with Gasteiger partial charge in [-0.1, -0.05) is 53.5 Å². The Morgan fingerprint density at radius 1 is 1.09 bits per heavy atom. The predicted octanol–water partition coefficient (Wildman–Crippen LogP) is 5.11. The minimum absolute atomic E-state index is 0.0172. The molecule has 0 saturated carbocycles. The smallest absolute Gasteiger partial charge is 0.291 e. The number of methoxy groups -OCH3 is 1. The average molecular weight is 667 g/mol. The van der Waals surface area contributed by atoms with Gasteiger partial charge in [-0.05, 0) is 48.7 Å². The van der Waals surface area contributed by atoms with Gasteiger partial charge in [-0.25, -0.2) is 4.98 Å². The van der Waals surface area contributed by atoms with Crippen LogP contribution in [0.5, 0.6) is 11.5 Å². The van der Waals surface area contributed by atoms with Crippen LogP contribution in [-0.4, -0.2) is 64.1 Å². The van der Waals surface area contributed by atoms with E-state index in [1.165, 1.54) is 0 Å². The van der Waals surface area contributed by atoms with Crippen LogP contribution in [-0.2, 0) is 33.0 Å². The largest absolute Gasteiger partial charge is 0.496 e. The molecule has 3 aromatic carbocycles. The number of aromatic nitrogens is 2. The number of fused-ring (bicyclic) bond motifs is 2. The molecule has 1 atom stereocenters. The van der Waals surface area contributed by atoms with Crippen molar-refractivity contribution in [1.29, 1.82) is 0 Å². The quantitative estimate of drug-likeness (QED) is 0.173. The molecule has 46 heavy (non-hydrogen) atoms. The summed E-state index contributed by atoms with van der Waals surface area (Å²) in [5, 5.41) is 25.1. The van der Waals surface area contributed by atoms with Crippen molar-refractivity contribution in [2.24, 2.45) is 7.05 Å². The third-order valence-electron chi connectivity index (χ3n) is 8.65.